The SMILES string of the molecule is O=C(CCCCCOC1CCCC2NC3NC(=O)CN3CC21)Nc1ccc2ccccc2n1. The lowest BCUT2D eigenvalue weighted by molar-refractivity contribution is -0.119. The molecule has 0 spiro atoms. The van der Waals surface area contributed by atoms with Gasteiger partial charge in [-0.15, -0.1) is 0 Å². The van der Waals surface area contributed by atoms with E-state index >= 15 is 0 Å². The Hall–Kier alpha value is -2.55. The van der Waals surface area contributed by atoms with Crippen molar-refractivity contribution in [1.82, 2.24) is 20.5 Å². The number of carbonyl (C=O) groups excluding carboxylic acids is 2. The Labute approximate surface area is 194 Å². The van der Waals surface area contributed by atoms with Gasteiger partial charge in [0.2, 0.25) is 11.8 Å². The summed E-state index contributed by atoms with van der Waals surface area (Å²) in [6.45, 7) is 2.11. The van der Waals surface area contributed by atoms with Crippen molar-refractivity contribution in [2.24, 2.45) is 5.92 Å². The molecule has 4 unspecified atom stereocenters. The molecule has 33 heavy (non-hydrogen) atoms. The molecule has 2 aromatic rings. The van der Waals surface area contributed by atoms with Crippen LogP contribution in [0.25, 0.3) is 10.9 Å². The lowest BCUT2D eigenvalue weighted by Gasteiger charge is -2.46. The monoisotopic (exact) mass is 451 g/mol. The number of hydrogen-bond acceptors (Lipinski definition) is 6. The van der Waals surface area contributed by atoms with Crippen molar-refractivity contribution < 1.29 is 14.3 Å². The molecule has 8 heteroatoms. The van der Waals surface area contributed by atoms with Gasteiger partial charge in [-0.1, -0.05) is 24.6 Å². The number of nitrogens with one attached hydrogen (secondary N) is 3. The molecule has 3 aliphatic rings. The van der Waals surface area contributed by atoms with Crippen molar-refractivity contribution in [3.8, 4) is 0 Å². The molecule has 1 aromatic carbocycles. The minimum absolute atomic E-state index is 0.00502. The fourth-order valence-electron chi connectivity index (χ4n) is 5.38. The number of amides is 2. The molecule has 0 radical (unpaired) electrons. The summed E-state index contributed by atoms with van der Waals surface area (Å²) in [5.74, 6) is 1.14. The molecule has 4 atom stereocenters. The van der Waals surface area contributed by atoms with Gasteiger partial charge in [0.15, 0.2) is 0 Å². The molecule has 8 nitrogen and oxygen atoms in total. The van der Waals surface area contributed by atoms with E-state index in [0.717, 1.165) is 62.6 Å². The van der Waals surface area contributed by atoms with E-state index in [1.807, 2.05) is 36.4 Å². The zero-order chi connectivity index (χ0) is 22.6. The highest BCUT2D eigenvalue weighted by molar-refractivity contribution is 5.91. The number of ether oxygens (including phenoxy) is 1. The standard InChI is InChI=1S/C25H33N5O3/c31-23(28-22-13-12-17-7-3-4-8-19(17)26-22)11-2-1-5-14-33-21-10-6-9-20-18(21)15-30-16-24(32)29-25(30)27-20/h3-4,7-8,12-13,18,20-21,25,27H,1-2,5-6,9-11,14-16H2,(H,29,32)(H,26,28,31). The first-order valence-electron chi connectivity index (χ1n) is 12.2. The largest absolute Gasteiger partial charge is 0.378 e. The highest BCUT2D eigenvalue weighted by atomic mass is 16.5. The maximum absolute atomic E-state index is 12.3. The van der Waals surface area contributed by atoms with Crippen molar-refractivity contribution >= 4 is 28.5 Å². The minimum atomic E-state index is -0.00606. The van der Waals surface area contributed by atoms with Crippen LogP contribution >= 0.6 is 0 Å². The first-order valence-corrected chi connectivity index (χ1v) is 12.2. The van der Waals surface area contributed by atoms with Gasteiger partial charge in [0.25, 0.3) is 0 Å². The number of rotatable bonds is 8. The van der Waals surface area contributed by atoms with Gasteiger partial charge in [0.05, 0.1) is 18.2 Å². The van der Waals surface area contributed by atoms with Gasteiger partial charge in [-0.3, -0.25) is 19.8 Å². The molecule has 3 N–H and O–H groups in total. The number of para-hydroxylation sites is 1. The zero-order valence-corrected chi connectivity index (χ0v) is 19.0. The van der Waals surface area contributed by atoms with Crippen LogP contribution in [-0.4, -0.2) is 59.8 Å². The molecule has 1 aromatic heterocycles. The fraction of sp³-hybridized carbons (Fsp3) is 0.560. The summed E-state index contributed by atoms with van der Waals surface area (Å²) < 4.78 is 6.29. The van der Waals surface area contributed by atoms with Crippen molar-refractivity contribution in [3.63, 3.8) is 0 Å². The third-order valence-corrected chi connectivity index (χ3v) is 7.07. The van der Waals surface area contributed by atoms with Gasteiger partial charge in [-0.25, -0.2) is 4.98 Å². The number of carbonyl (C=O) groups is 2. The van der Waals surface area contributed by atoms with Gasteiger partial charge in [-0.05, 0) is 50.3 Å². The molecular weight excluding hydrogens is 418 g/mol. The lowest BCUT2D eigenvalue weighted by atomic mass is 9.80. The van der Waals surface area contributed by atoms with Crippen LogP contribution in [0.3, 0.4) is 0 Å². The Kier molecular flexibility index (Phi) is 6.85. The molecule has 5 rings (SSSR count). The average Bonchev–Trinajstić information content (AvgIpc) is 3.18. The quantitative estimate of drug-likeness (QED) is 0.534. The van der Waals surface area contributed by atoms with Crippen LogP contribution in [0.4, 0.5) is 5.82 Å². The van der Waals surface area contributed by atoms with E-state index in [1.54, 1.807) is 0 Å². The number of unbranched alkanes of at least 4 members (excludes halogenated alkanes) is 2. The Bertz CT molecular complexity index is 999. The second-order valence-corrected chi connectivity index (χ2v) is 9.42. The summed E-state index contributed by atoms with van der Waals surface area (Å²) >= 11 is 0. The maximum Gasteiger partial charge on any atom is 0.236 e. The van der Waals surface area contributed by atoms with Crippen molar-refractivity contribution in [3.05, 3.63) is 36.4 Å². The van der Waals surface area contributed by atoms with Crippen LogP contribution in [-0.2, 0) is 14.3 Å². The molecule has 2 saturated heterocycles. The van der Waals surface area contributed by atoms with E-state index in [0.29, 0.717) is 30.7 Å². The first-order chi connectivity index (χ1) is 16.2. The third kappa shape index (κ3) is 5.34. The number of hydrogen-bond donors (Lipinski definition) is 3. The Morgan fingerprint density at radius 1 is 1.15 bits per heavy atom. The van der Waals surface area contributed by atoms with Crippen molar-refractivity contribution in [1.29, 1.82) is 0 Å². The predicted octanol–water partition coefficient (Wildman–Crippen LogP) is 2.61. The molecule has 0 bridgehead atoms. The van der Waals surface area contributed by atoms with E-state index in [-0.39, 0.29) is 24.2 Å². The fourth-order valence-corrected chi connectivity index (χ4v) is 5.38. The first kappa shape index (κ1) is 22.3. The molecule has 3 heterocycles. The summed E-state index contributed by atoms with van der Waals surface area (Å²) in [5.41, 5.74) is 0.883. The molecule has 1 saturated carbocycles. The average molecular weight is 452 g/mol. The maximum atomic E-state index is 12.3. The molecule has 3 fully saturated rings. The normalized spacial score (nSPS) is 27.1. The second kappa shape index (κ2) is 10.2. The van der Waals surface area contributed by atoms with Gasteiger partial charge in [0.1, 0.15) is 12.1 Å². The topological polar surface area (TPSA) is 95.6 Å². The number of pyridine rings is 1. The Balaban J connectivity index is 1.00. The summed E-state index contributed by atoms with van der Waals surface area (Å²) in [7, 11) is 0. The minimum Gasteiger partial charge on any atom is -0.378 e. The second-order valence-electron chi connectivity index (χ2n) is 9.42. The van der Waals surface area contributed by atoms with Crippen molar-refractivity contribution in [2.45, 2.75) is 63.4 Å². The van der Waals surface area contributed by atoms with E-state index in [4.69, 9.17) is 4.74 Å². The van der Waals surface area contributed by atoms with Gasteiger partial charge < -0.3 is 15.4 Å². The van der Waals surface area contributed by atoms with Gasteiger partial charge >= 0.3 is 0 Å². The summed E-state index contributed by atoms with van der Waals surface area (Å²) in [5, 5.41) is 10.6. The third-order valence-electron chi connectivity index (χ3n) is 7.07. The molecule has 176 valence electrons. The highest BCUT2D eigenvalue weighted by Gasteiger charge is 2.44. The van der Waals surface area contributed by atoms with Gasteiger partial charge in [-0.2, -0.15) is 0 Å². The molecule has 2 amide bonds. The van der Waals surface area contributed by atoms with Crippen LogP contribution in [0.5, 0.6) is 0 Å². The van der Waals surface area contributed by atoms with E-state index < -0.39 is 0 Å². The lowest BCUT2D eigenvalue weighted by Crippen LogP contribution is -2.64. The summed E-state index contributed by atoms with van der Waals surface area (Å²) in [6, 6.07) is 12.1. The van der Waals surface area contributed by atoms with Crippen molar-refractivity contribution in [2.75, 3.05) is 25.0 Å². The number of nitrogens with zero attached hydrogens (tertiary/aromatic N) is 2. The van der Waals surface area contributed by atoms with Crippen LogP contribution < -0.4 is 16.0 Å². The van der Waals surface area contributed by atoms with Gasteiger partial charge in [0, 0.05) is 36.9 Å². The van der Waals surface area contributed by atoms with Crippen LogP contribution in [0.1, 0.15) is 44.9 Å². The highest BCUT2D eigenvalue weighted by Crippen LogP contribution is 2.32. The molecule has 1 aliphatic carbocycles. The number of benzene rings is 1. The molecular formula is C25H33N5O3. The van der Waals surface area contributed by atoms with E-state index in [2.05, 4.69) is 25.8 Å². The van der Waals surface area contributed by atoms with Crippen LogP contribution in [0.15, 0.2) is 36.4 Å². The summed E-state index contributed by atoms with van der Waals surface area (Å²) in [4.78, 5) is 30.7. The number of aromatic nitrogens is 1. The van der Waals surface area contributed by atoms with E-state index in [9.17, 15) is 9.59 Å². The smallest absolute Gasteiger partial charge is 0.236 e. The number of anilines is 1. The van der Waals surface area contributed by atoms with E-state index in [1.165, 1.54) is 0 Å². The Morgan fingerprint density at radius 3 is 3.00 bits per heavy atom. The zero-order valence-electron chi connectivity index (χ0n) is 19.0. The molecule has 2 aliphatic heterocycles. The predicted molar refractivity (Wildman–Crippen MR) is 126 cm³/mol. The van der Waals surface area contributed by atoms with Crippen LogP contribution in [0, 0.1) is 5.92 Å². The Morgan fingerprint density at radius 2 is 2.06 bits per heavy atom. The summed E-state index contributed by atoms with van der Waals surface area (Å²) in [6.07, 6.45) is 6.87. The number of fused-ring (bicyclic) bond motifs is 3. The van der Waals surface area contributed by atoms with Crippen LogP contribution in [0.2, 0.25) is 0 Å².